The molecule has 0 aromatic heterocycles. The Bertz CT molecular complexity index is 743. The minimum atomic E-state index is -0.173. The molecule has 1 aliphatic rings. The van der Waals surface area contributed by atoms with Gasteiger partial charge in [-0.2, -0.15) is 0 Å². The Morgan fingerprint density at radius 2 is 1.70 bits per heavy atom. The van der Waals surface area contributed by atoms with Crippen molar-refractivity contribution in [1.82, 2.24) is 4.90 Å². The molecule has 146 valence electrons. The van der Waals surface area contributed by atoms with E-state index >= 15 is 0 Å². The third kappa shape index (κ3) is 4.91. The average molecular weight is 387 g/mol. The van der Waals surface area contributed by atoms with Crippen LogP contribution in [0.4, 0.5) is 0 Å². The summed E-state index contributed by atoms with van der Waals surface area (Å²) in [4.78, 5) is 15.0. The van der Waals surface area contributed by atoms with Crippen molar-refractivity contribution in [3.05, 3.63) is 71.3 Å². The number of halogens is 1. The highest BCUT2D eigenvalue weighted by molar-refractivity contribution is 5.85. The van der Waals surface area contributed by atoms with Crippen LogP contribution < -0.4 is 5.73 Å². The van der Waals surface area contributed by atoms with Crippen molar-refractivity contribution in [3.63, 3.8) is 0 Å². The Morgan fingerprint density at radius 3 is 2.30 bits per heavy atom. The lowest BCUT2D eigenvalue weighted by molar-refractivity contribution is -0.131. The molecule has 3 nitrogen and oxygen atoms in total. The topological polar surface area (TPSA) is 46.3 Å². The number of aryl methyl sites for hydroxylation is 1. The van der Waals surface area contributed by atoms with Gasteiger partial charge in [-0.05, 0) is 35.9 Å². The van der Waals surface area contributed by atoms with Crippen LogP contribution in [0.1, 0.15) is 42.9 Å². The van der Waals surface area contributed by atoms with Gasteiger partial charge in [-0.1, -0.05) is 74.0 Å². The lowest BCUT2D eigenvalue weighted by Crippen LogP contribution is -2.34. The third-order valence-corrected chi connectivity index (χ3v) is 5.75. The fraction of sp³-hybridized carbons (Fsp3) is 0.435. The molecule has 1 heterocycles. The molecule has 1 fully saturated rings. The molecule has 2 atom stereocenters. The zero-order valence-corrected chi connectivity index (χ0v) is 17.3. The molecule has 27 heavy (non-hydrogen) atoms. The number of likely N-dealkylation sites (tertiary alicyclic amines) is 1. The molecule has 0 spiro atoms. The van der Waals surface area contributed by atoms with Crippen LogP contribution in [0.2, 0.25) is 0 Å². The summed E-state index contributed by atoms with van der Waals surface area (Å²) in [7, 11) is 0. The van der Waals surface area contributed by atoms with E-state index in [1.165, 1.54) is 16.7 Å². The largest absolute Gasteiger partial charge is 0.342 e. The third-order valence-electron chi connectivity index (χ3n) is 5.75. The standard InChI is InChI=1S/C23H30N2O.ClH/c1-17-9-11-20(12-10-17)23(2,3)13-22(26)25-15-19(14-24)21(16-25)18-7-5-4-6-8-18;/h4-12,19,21H,13-16,24H2,1-3H3;1H/t19-,21+;/m1./s1. The van der Waals surface area contributed by atoms with Crippen molar-refractivity contribution in [3.8, 4) is 0 Å². The first-order valence-electron chi connectivity index (χ1n) is 9.50. The molecule has 3 rings (SSSR count). The van der Waals surface area contributed by atoms with Crippen LogP contribution in [-0.2, 0) is 10.2 Å². The van der Waals surface area contributed by atoms with Gasteiger partial charge in [0, 0.05) is 25.4 Å². The van der Waals surface area contributed by atoms with Crippen LogP contribution in [0, 0.1) is 12.8 Å². The van der Waals surface area contributed by atoms with Gasteiger partial charge in [0.2, 0.25) is 5.91 Å². The van der Waals surface area contributed by atoms with Crippen LogP contribution >= 0.6 is 12.4 Å². The van der Waals surface area contributed by atoms with Crippen molar-refractivity contribution in [2.45, 2.75) is 38.5 Å². The van der Waals surface area contributed by atoms with E-state index < -0.39 is 0 Å². The number of hydrogen-bond acceptors (Lipinski definition) is 2. The molecule has 4 heteroatoms. The number of nitrogens with two attached hydrogens (primary N) is 1. The second-order valence-electron chi connectivity index (χ2n) is 8.24. The highest BCUT2D eigenvalue weighted by Gasteiger charge is 2.37. The van der Waals surface area contributed by atoms with Gasteiger partial charge in [0.05, 0.1) is 0 Å². The summed E-state index contributed by atoms with van der Waals surface area (Å²) in [5.41, 5.74) is 9.59. The summed E-state index contributed by atoms with van der Waals surface area (Å²) in [5.74, 6) is 0.906. The highest BCUT2D eigenvalue weighted by Crippen LogP contribution is 2.34. The van der Waals surface area contributed by atoms with Crippen molar-refractivity contribution >= 4 is 18.3 Å². The Morgan fingerprint density at radius 1 is 1.07 bits per heavy atom. The second-order valence-corrected chi connectivity index (χ2v) is 8.24. The van der Waals surface area contributed by atoms with Crippen LogP contribution in [0.5, 0.6) is 0 Å². The van der Waals surface area contributed by atoms with Crippen LogP contribution in [0.25, 0.3) is 0 Å². The van der Waals surface area contributed by atoms with Crippen LogP contribution in [0.15, 0.2) is 54.6 Å². The quantitative estimate of drug-likeness (QED) is 0.833. The zero-order chi connectivity index (χ0) is 18.7. The minimum absolute atomic E-state index is 0. The van der Waals surface area contributed by atoms with Crippen molar-refractivity contribution < 1.29 is 4.79 Å². The fourth-order valence-electron chi connectivity index (χ4n) is 3.99. The van der Waals surface area contributed by atoms with E-state index in [0.29, 0.717) is 24.8 Å². The van der Waals surface area contributed by atoms with Gasteiger partial charge in [-0.15, -0.1) is 12.4 Å². The summed E-state index contributed by atoms with van der Waals surface area (Å²) in [6, 6.07) is 19.0. The Labute approximate surface area is 169 Å². The summed E-state index contributed by atoms with van der Waals surface area (Å²) in [6.07, 6.45) is 0.523. The first kappa shape index (κ1) is 21.5. The Balaban J connectivity index is 0.00000261. The normalized spacial score (nSPS) is 19.6. The van der Waals surface area contributed by atoms with Gasteiger partial charge in [0.25, 0.3) is 0 Å². The number of carbonyl (C=O) groups is 1. The van der Waals surface area contributed by atoms with Crippen LogP contribution in [0.3, 0.4) is 0 Å². The van der Waals surface area contributed by atoms with Gasteiger partial charge < -0.3 is 10.6 Å². The SMILES string of the molecule is Cc1ccc(C(C)(C)CC(=O)N2C[C@@H](CN)[C@H](c3ccccc3)C2)cc1.Cl. The number of amides is 1. The maximum Gasteiger partial charge on any atom is 0.223 e. The van der Waals surface area contributed by atoms with Gasteiger partial charge in [0.15, 0.2) is 0 Å². The molecule has 2 aromatic carbocycles. The molecule has 2 aromatic rings. The van der Waals surface area contributed by atoms with Gasteiger partial charge >= 0.3 is 0 Å². The van der Waals surface area contributed by atoms with Crippen molar-refractivity contribution in [2.75, 3.05) is 19.6 Å². The van der Waals surface area contributed by atoms with E-state index in [1.54, 1.807) is 0 Å². The second kappa shape index (κ2) is 8.90. The summed E-state index contributed by atoms with van der Waals surface area (Å²) < 4.78 is 0. The summed E-state index contributed by atoms with van der Waals surface area (Å²) >= 11 is 0. The Kier molecular flexibility index (Phi) is 7.07. The lowest BCUT2D eigenvalue weighted by Gasteiger charge is -2.28. The molecule has 0 bridgehead atoms. The van der Waals surface area contributed by atoms with E-state index in [4.69, 9.17) is 5.73 Å². The van der Waals surface area contributed by atoms with Gasteiger partial charge in [0.1, 0.15) is 0 Å². The average Bonchev–Trinajstić information content (AvgIpc) is 3.07. The van der Waals surface area contributed by atoms with E-state index in [9.17, 15) is 4.79 Å². The predicted octanol–water partition coefficient (Wildman–Crippen LogP) is 4.29. The summed E-state index contributed by atoms with van der Waals surface area (Å²) in [5, 5.41) is 0. The first-order chi connectivity index (χ1) is 12.4. The molecule has 0 radical (unpaired) electrons. The van der Waals surface area contributed by atoms with E-state index in [2.05, 4.69) is 69.3 Å². The maximum absolute atomic E-state index is 13.0. The van der Waals surface area contributed by atoms with Crippen molar-refractivity contribution in [2.24, 2.45) is 11.7 Å². The van der Waals surface area contributed by atoms with Crippen LogP contribution in [-0.4, -0.2) is 30.4 Å². The number of hydrogen-bond donors (Lipinski definition) is 1. The molecule has 0 aliphatic carbocycles. The fourth-order valence-corrected chi connectivity index (χ4v) is 3.99. The lowest BCUT2D eigenvalue weighted by atomic mass is 9.81. The molecule has 0 unspecified atom stereocenters. The minimum Gasteiger partial charge on any atom is -0.342 e. The molecule has 1 amide bonds. The monoisotopic (exact) mass is 386 g/mol. The molecule has 1 saturated heterocycles. The molecular formula is C23H31ClN2O. The van der Waals surface area contributed by atoms with Gasteiger partial charge in [-0.25, -0.2) is 0 Å². The van der Waals surface area contributed by atoms with Gasteiger partial charge in [-0.3, -0.25) is 4.79 Å². The Hall–Kier alpha value is -1.84. The van der Waals surface area contributed by atoms with E-state index in [0.717, 1.165) is 13.1 Å². The number of rotatable bonds is 5. The molecule has 0 saturated carbocycles. The molecule has 1 aliphatic heterocycles. The first-order valence-corrected chi connectivity index (χ1v) is 9.50. The predicted molar refractivity (Wildman–Crippen MR) is 114 cm³/mol. The number of carbonyl (C=O) groups excluding carboxylic acids is 1. The number of nitrogens with zero attached hydrogens (tertiary/aromatic N) is 1. The van der Waals surface area contributed by atoms with E-state index in [1.807, 2.05) is 11.0 Å². The van der Waals surface area contributed by atoms with Crippen molar-refractivity contribution in [1.29, 1.82) is 0 Å². The number of benzene rings is 2. The smallest absolute Gasteiger partial charge is 0.223 e. The highest BCUT2D eigenvalue weighted by atomic mass is 35.5. The summed E-state index contributed by atoms with van der Waals surface area (Å²) in [6.45, 7) is 8.54. The zero-order valence-electron chi connectivity index (χ0n) is 16.5. The molecule has 2 N–H and O–H groups in total. The van der Waals surface area contributed by atoms with E-state index in [-0.39, 0.29) is 23.7 Å². The maximum atomic E-state index is 13.0. The molecular weight excluding hydrogens is 356 g/mol.